The second-order valence-corrected chi connectivity index (χ2v) is 5.00. The van der Waals surface area contributed by atoms with Crippen LogP contribution in [0.1, 0.15) is 56.7 Å². The maximum atomic E-state index is 4.41. The molecule has 1 saturated carbocycles. The molecule has 0 unspecified atom stereocenters. The molecular formula is C12H20N4. The summed E-state index contributed by atoms with van der Waals surface area (Å²) in [6.45, 7) is 2.14. The summed E-state index contributed by atoms with van der Waals surface area (Å²) in [4.78, 5) is 0. The Hall–Kier alpha value is -1.06. The molecular weight excluding hydrogens is 200 g/mol. The summed E-state index contributed by atoms with van der Waals surface area (Å²) in [5.74, 6) is 2.89. The highest BCUT2D eigenvalue weighted by Crippen LogP contribution is 2.32. The summed E-state index contributed by atoms with van der Waals surface area (Å²) < 4.78 is 2.31. The molecule has 0 aromatic carbocycles. The first-order valence-electron chi connectivity index (χ1n) is 6.62. The molecule has 1 aliphatic carbocycles. The second kappa shape index (κ2) is 4.44. The highest BCUT2D eigenvalue weighted by molar-refractivity contribution is 5.28. The van der Waals surface area contributed by atoms with Crippen molar-refractivity contribution in [2.45, 2.75) is 57.4 Å². The number of anilines is 1. The summed E-state index contributed by atoms with van der Waals surface area (Å²) in [7, 11) is 0. The van der Waals surface area contributed by atoms with Crippen molar-refractivity contribution >= 4 is 5.95 Å². The Balaban J connectivity index is 1.84. The van der Waals surface area contributed by atoms with Gasteiger partial charge in [-0.3, -0.25) is 4.57 Å². The van der Waals surface area contributed by atoms with Gasteiger partial charge in [-0.25, -0.2) is 0 Å². The third kappa shape index (κ3) is 1.81. The maximum Gasteiger partial charge on any atom is 0.224 e. The van der Waals surface area contributed by atoms with Gasteiger partial charge < -0.3 is 5.32 Å². The average Bonchev–Trinajstić information content (AvgIpc) is 2.57. The molecule has 1 fully saturated rings. The zero-order chi connectivity index (χ0) is 10.8. The largest absolute Gasteiger partial charge is 0.354 e. The molecule has 16 heavy (non-hydrogen) atoms. The first kappa shape index (κ1) is 10.1. The molecule has 0 spiro atoms. The van der Waals surface area contributed by atoms with Gasteiger partial charge in [0.2, 0.25) is 5.95 Å². The number of hydrogen-bond donors (Lipinski definition) is 1. The van der Waals surface area contributed by atoms with Gasteiger partial charge in [0.25, 0.3) is 0 Å². The standard InChI is InChI=1S/C12H20N4/c1-2-4-7-10(6-3-1)11-14-15-12-13-8-5-9-16(11)12/h10H,1-9H2,(H,13,15). The number of aromatic nitrogens is 3. The molecule has 1 aromatic heterocycles. The zero-order valence-electron chi connectivity index (χ0n) is 9.78. The number of hydrogen-bond acceptors (Lipinski definition) is 3. The van der Waals surface area contributed by atoms with E-state index in [2.05, 4.69) is 20.1 Å². The van der Waals surface area contributed by atoms with Gasteiger partial charge in [-0.2, -0.15) is 0 Å². The highest BCUT2D eigenvalue weighted by Gasteiger charge is 2.23. The van der Waals surface area contributed by atoms with Crippen LogP contribution in [0.25, 0.3) is 0 Å². The zero-order valence-corrected chi connectivity index (χ0v) is 9.78. The summed E-state index contributed by atoms with van der Waals surface area (Å²) in [5.41, 5.74) is 0. The highest BCUT2D eigenvalue weighted by atomic mass is 15.4. The van der Waals surface area contributed by atoms with Crippen molar-refractivity contribution in [3.63, 3.8) is 0 Å². The predicted octanol–water partition coefficient (Wildman–Crippen LogP) is 2.53. The molecule has 88 valence electrons. The lowest BCUT2D eigenvalue weighted by atomic mass is 9.99. The van der Waals surface area contributed by atoms with Gasteiger partial charge in [-0.15, -0.1) is 10.2 Å². The van der Waals surface area contributed by atoms with Gasteiger partial charge in [-0.1, -0.05) is 25.7 Å². The van der Waals surface area contributed by atoms with E-state index in [-0.39, 0.29) is 0 Å². The topological polar surface area (TPSA) is 42.7 Å². The second-order valence-electron chi connectivity index (χ2n) is 5.00. The van der Waals surface area contributed by atoms with Gasteiger partial charge in [-0.05, 0) is 19.3 Å². The van der Waals surface area contributed by atoms with Gasteiger partial charge in [0.05, 0.1) is 0 Å². The Kier molecular flexibility index (Phi) is 2.80. The average molecular weight is 220 g/mol. The van der Waals surface area contributed by atoms with E-state index in [9.17, 15) is 0 Å². The van der Waals surface area contributed by atoms with Gasteiger partial charge in [0.1, 0.15) is 5.82 Å². The van der Waals surface area contributed by atoms with Crippen LogP contribution in [0.3, 0.4) is 0 Å². The number of rotatable bonds is 1. The van der Waals surface area contributed by atoms with E-state index in [0.29, 0.717) is 5.92 Å². The lowest BCUT2D eigenvalue weighted by molar-refractivity contribution is 0.507. The fourth-order valence-corrected chi connectivity index (χ4v) is 2.94. The molecule has 0 amide bonds. The van der Waals surface area contributed by atoms with Crippen molar-refractivity contribution in [3.05, 3.63) is 5.82 Å². The van der Waals surface area contributed by atoms with Crippen LogP contribution in [-0.4, -0.2) is 21.3 Å². The van der Waals surface area contributed by atoms with Gasteiger partial charge >= 0.3 is 0 Å². The number of nitrogens with zero attached hydrogens (tertiary/aromatic N) is 3. The van der Waals surface area contributed by atoms with Crippen molar-refractivity contribution in [1.82, 2.24) is 14.8 Å². The van der Waals surface area contributed by atoms with E-state index < -0.39 is 0 Å². The summed E-state index contributed by atoms with van der Waals surface area (Å²) >= 11 is 0. The maximum absolute atomic E-state index is 4.41. The normalized spacial score (nSPS) is 22.2. The minimum absolute atomic E-state index is 0.656. The molecule has 1 aliphatic heterocycles. The smallest absolute Gasteiger partial charge is 0.224 e. The lowest BCUT2D eigenvalue weighted by Gasteiger charge is -2.20. The minimum atomic E-state index is 0.656. The number of nitrogens with one attached hydrogen (secondary N) is 1. The van der Waals surface area contributed by atoms with E-state index >= 15 is 0 Å². The van der Waals surface area contributed by atoms with Gasteiger partial charge in [0, 0.05) is 19.0 Å². The van der Waals surface area contributed by atoms with Crippen molar-refractivity contribution in [2.75, 3.05) is 11.9 Å². The van der Waals surface area contributed by atoms with E-state index in [1.165, 1.54) is 50.8 Å². The molecule has 0 radical (unpaired) electrons. The summed E-state index contributed by atoms with van der Waals surface area (Å²) in [6, 6.07) is 0. The Morgan fingerprint density at radius 1 is 1.00 bits per heavy atom. The molecule has 3 rings (SSSR count). The Labute approximate surface area is 96.4 Å². The minimum Gasteiger partial charge on any atom is -0.354 e. The fourth-order valence-electron chi connectivity index (χ4n) is 2.94. The van der Waals surface area contributed by atoms with Crippen LogP contribution in [0, 0.1) is 0 Å². The van der Waals surface area contributed by atoms with E-state index in [4.69, 9.17) is 0 Å². The van der Waals surface area contributed by atoms with Crippen LogP contribution in [0.4, 0.5) is 5.95 Å². The van der Waals surface area contributed by atoms with Gasteiger partial charge in [0.15, 0.2) is 0 Å². The summed E-state index contributed by atoms with van der Waals surface area (Å²) in [5, 5.41) is 12.0. The van der Waals surface area contributed by atoms with Crippen LogP contribution in [0.2, 0.25) is 0 Å². The number of fused-ring (bicyclic) bond motifs is 1. The quantitative estimate of drug-likeness (QED) is 0.739. The summed E-state index contributed by atoms with van der Waals surface area (Å²) in [6.07, 6.45) is 9.33. The molecule has 0 bridgehead atoms. The molecule has 0 atom stereocenters. The molecule has 1 N–H and O–H groups in total. The third-order valence-electron chi connectivity index (χ3n) is 3.84. The Bertz CT molecular complexity index is 350. The van der Waals surface area contributed by atoms with Crippen LogP contribution in [0.15, 0.2) is 0 Å². The Morgan fingerprint density at radius 2 is 1.81 bits per heavy atom. The molecule has 4 nitrogen and oxygen atoms in total. The van der Waals surface area contributed by atoms with Crippen molar-refractivity contribution in [3.8, 4) is 0 Å². The van der Waals surface area contributed by atoms with Crippen molar-refractivity contribution < 1.29 is 0 Å². The van der Waals surface area contributed by atoms with E-state index in [1.54, 1.807) is 0 Å². The van der Waals surface area contributed by atoms with Crippen LogP contribution in [-0.2, 0) is 6.54 Å². The van der Waals surface area contributed by atoms with Crippen LogP contribution in [0.5, 0.6) is 0 Å². The first-order chi connectivity index (χ1) is 7.95. The van der Waals surface area contributed by atoms with Crippen molar-refractivity contribution in [1.29, 1.82) is 0 Å². The monoisotopic (exact) mass is 220 g/mol. The van der Waals surface area contributed by atoms with E-state index in [0.717, 1.165) is 19.0 Å². The SMILES string of the molecule is C1CCCC(c2nnc3n2CCCN3)CC1. The van der Waals surface area contributed by atoms with Crippen LogP contribution >= 0.6 is 0 Å². The molecule has 2 heterocycles. The molecule has 0 saturated heterocycles. The Morgan fingerprint density at radius 3 is 2.62 bits per heavy atom. The van der Waals surface area contributed by atoms with Crippen LogP contribution < -0.4 is 5.32 Å². The van der Waals surface area contributed by atoms with Crippen molar-refractivity contribution in [2.24, 2.45) is 0 Å². The lowest BCUT2D eigenvalue weighted by Crippen LogP contribution is -2.20. The third-order valence-corrected chi connectivity index (χ3v) is 3.84. The van der Waals surface area contributed by atoms with E-state index in [1.807, 2.05) is 0 Å². The molecule has 4 heteroatoms. The molecule has 1 aromatic rings. The predicted molar refractivity (Wildman–Crippen MR) is 63.6 cm³/mol. The fraction of sp³-hybridized carbons (Fsp3) is 0.833. The first-order valence-corrected chi connectivity index (χ1v) is 6.62. The molecule has 2 aliphatic rings.